The predicted octanol–water partition coefficient (Wildman–Crippen LogP) is 4.37. The summed E-state index contributed by atoms with van der Waals surface area (Å²) in [5.41, 5.74) is 1.13. The molecule has 0 saturated carbocycles. The largest absolute Gasteiger partial charge is 0.379 e. The van der Waals surface area contributed by atoms with E-state index in [2.05, 4.69) is 10.6 Å². The number of nitrogens with one attached hydrogen (secondary N) is 2. The molecule has 3 rings (SSSR count). The highest BCUT2D eigenvalue weighted by atomic mass is 16.5. The van der Waals surface area contributed by atoms with Crippen LogP contribution >= 0.6 is 0 Å². The highest BCUT2D eigenvalue weighted by Crippen LogP contribution is 2.30. The predicted molar refractivity (Wildman–Crippen MR) is 242 cm³/mol. The summed E-state index contributed by atoms with van der Waals surface area (Å²) in [6.45, 7) is 14.6. The zero-order valence-electron chi connectivity index (χ0n) is 39.8. The van der Waals surface area contributed by atoms with Gasteiger partial charge >= 0.3 is 0 Å². The van der Waals surface area contributed by atoms with Crippen molar-refractivity contribution in [2.75, 3.05) is 47.9 Å². The van der Waals surface area contributed by atoms with Gasteiger partial charge in [-0.25, -0.2) is 0 Å². The van der Waals surface area contributed by atoms with Crippen molar-refractivity contribution in [2.45, 2.75) is 143 Å². The maximum Gasteiger partial charge on any atom is 0.253 e. The number of ether oxygens (including phenoxy) is 2. The Morgan fingerprint density at radius 3 is 2.06 bits per heavy atom. The van der Waals surface area contributed by atoms with E-state index in [1.165, 1.54) is 22.0 Å². The van der Waals surface area contributed by atoms with Crippen LogP contribution < -0.4 is 10.6 Å². The Labute approximate surface area is 376 Å². The number of hydrogen-bond donors (Lipinski definition) is 2. The van der Waals surface area contributed by atoms with Crippen molar-refractivity contribution in [3.63, 3.8) is 0 Å². The maximum absolute atomic E-state index is 14.5. The number of nitrogens with zero attached hydrogens (tertiary/aromatic N) is 4. The third kappa shape index (κ3) is 14.4. The first-order chi connectivity index (χ1) is 29.9. The van der Waals surface area contributed by atoms with E-state index in [0.29, 0.717) is 51.6 Å². The van der Waals surface area contributed by atoms with E-state index in [0.717, 1.165) is 12.0 Å². The number of imide groups is 1. The minimum absolute atomic E-state index is 0.000457. The molecule has 0 aliphatic carbocycles. The normalized spacial score (nSPS) is 18.5. The molecule has 15 heteroatoms. The van der Waals surface area contributed by atoms with Crippen LogP contribution in [0, 0.1) is 23.7 Å². The van der Waals surface area contributed by atoms with Gasteiger partial charge in [-0.1, -0.05) is 91.6 Å². The summed E-state index contributed by atoms with van der Waals surface area (Å²) in [5.74, 6) is -3.09. The molecule has 8 atom stereocenters. The molecule has 15 nitrogen and oxygen atoms in total. The number of methoxy groups -OCH3 is 2. The van der Waals surface area contributed by atoms with Gasteiger partial charge in [-0.2, -0.15) is 0 Å². The van der Waals surface area contributed by atoms with E-state index in [4.69, 9.17) is 9.47 Å². The van der Waals surface area contributed by atoms with E-state index in [9.17, 15) is 33.6 Å². The van der Waals surface area contributed by atoms with Gasteiger partial charge in [-0.15, -0.1) is 0 Å². The third-order valence-electron chi connectivity index (χ3n) is 12.9. The maximum atomic E-state index is 14.5. The van der Waals surface area contributed by atoms with Gasteiger partial charge in [-0.05, 0) is 55.4 Å². The fraction of sp³-hybridized carbons (Fsp3) is 0.688. The molecule has 1 saturated heterocycles. The van der Waals surface area contributed by atoms with Crippen molar-refractivity contribution in [3.8, 4) is 0 Å². The van der Waals surface area contributed by atoms with Gasteiger partial charge in [0.2, 0.25) is 29.5 Å². The van der Waals surface area contributed by atoms with Crippen molar-refractivity contribution in [3.05, 3.63) is 48.0 Å². The van der Waals surface area contributed by atoms with Crippen molar-refractivity contribution in [1.82, 2.24) is 30.2 Å². The molecule has 2 aliphatic heterocycles. The van der Waals surface area contributed by atoms with Gasteiger partial charge in [0.25, 0.3) is 11.8 Å². The number of carbonyl (C=O) groups excluding carboxylic acids is 7. The Balaban J connectivity index is 1.68. The molecule has 2 aliphatic rings. The van der Waals surface area contributed by atoms with Crippen LogP contribution in [0.15, 0.2) is 42.5 Å². The molecule has 0 bridgehead atoms. The first-order valence-corrected chi connectivity index (χ1v) is 22.9. The second-order valence-corrected chi connectivity index (χ2v) is 18.0. The summed E-state index contributed by atoms with van der Waals surface area (Å²) in [6.07, 6.45) is 6.05. The van der Waals surface area contributed by atoms with Crippen LogP contribution in [-0.4, -0.2) is 145 Å². The van der Waals surface area contributed by atoms with Crippen LogP contribution in [0.3, 0.4) is 0 Å². The van der Waals surface area contributed by atoms with Crippen LogP contribution in [-0.2, 0) is 49.5 Å². The molecule has 1 fully saturated rings. The molecule has 7 amide bonds. The Bertz CT molecular complexity index is 1700. The minimum Gasteiger partial charge on any atom is -0.379 e. The molecule has 0 radical (unpaired) electrons. The fourth-order valence-electron chi connectivity index (χ4n) is 9.05. The zero-order chi connectivity index (χ0) is 47.0. The molecule has 0 aromatic heterocycles. The van der Waals surface area contributed by atoms with Gasteiger partial charge in [0.1, 0.15) is 12.1 Å². The van der Waals surface area contributed by atoms with E-state index in [-0.39, 0.29) is 78.6 Å². The number of rotatable bonds is 26. The molecule has 1 aromatic carbocycles. The fourth-order valence-corrected chi connectivity index (χ4v) is 9.05. The summed E-state index contributed by atoms with van der Waals surface area (Å²) in [5, 5.41) is 6.03. The second kappa shape index (κ2) is 25.6. The lowest BCUT2D eigenvalue weighted by Crippen LogP contribution is -2.60. The Morgan fingerprint density at radius 1 is 0.841 bits per heavy atom. The molecule has 0 spiro atoms. The topological polar surface area (TPSA) is 175 Å². The van der Waals surface area contributed by atoms with E-state index in [1.54, 1.807) is 38.1 Å². The lowest BCUT2D eigenvalue weighted by Gasteiger charge is -2.41. The quantitative estimate of drug-likeness (QED) is 0.101. The van der Waals surface area contributed by atoms with Gasteiger partial charge in [0.05, 0.1) is 36.6 Å². The molecule has 0 unspecified atom stereocenters. The van der Waals surface area contributed by atoms with Gasteiger partial charge < -0.3 is 34.8 Å². The van der Waals surface area contributed by atoms with Crippen LogP contribution in [0.1, 0.15) is 105 Å². The third-order valence-corrected chi connectivity index (χ3v) is 12.9. The number of likely N-dealkylation sites (tertiary alicyclic amines) is 1. The molecule has 352 valence electrons. The average Bonchev–Trinajstić information content (AvgIpc) is 3.87. The summed E-state index contributed by atoms with van der Waals surface area (Å²) in [6, 6.07) is 7.34. The lowest BCUT2D eigenvalue weighted by molar-refractivity contribution is -0.148. The smallest absolute Gasteiger partial charge is 0.253 e. The number of likely N-dealkylation sites (N-methyl/N-ethyl adjacent to an activating group) is 2. The van der Waals surface area contributed by atoms with E-state index in [1.807, 2.05) is 78.8 Å². The van der Waals surface area contributed by atoms with Crippen LogP contribution in [0.2, 0.25) is 0 Å². The van der Waals surface area contributed by atoms with E-state index < -0.39 is 42.2 Å². The number of hydrogen-bond acceptors (Lipinski definition) is 9. The molecular weight excluding hydrogens is 805 g/mol. The monoisotopic (exact) mass is 881 g/mol. The van der Waals surface area contributed by atoms with Gasteiger partial charge in [-0.3, -0.25) is 38.5 Å². The summed E-state index contributed by atoms with van der Waals surface area (Å²) >= 11 is 0. The zero-order valence-corrected chi connectivity index (χ0v) is 39.8. The molecule has 2 N–H and O–H groups in total. The molecule has 1 aromatic rings. The highest BCUT2D eigenvalue weighted by molar-refractivity contribution is 6.12. The Morgan fingerprint density at radius 2 is 1.49 bits per heavy atom. The van der Waals surface area contributed by atoms with Gasteiger partial charge in [0.15, 0.2) is 0 Å². The van der Waals surface area contributed by atoms with Crippen molar-refractivity contribution < 1.29 is 43.0 Å². The lowest BCUT2D eigenvalue weighted by atomic mass is 9.89. The number of unbranched alkanes of at least 4 members (excludes halogenated alkanes) is 2. The van der Waals surface area contributed by atoms with Crippen molar-refractivity contribution >= 4 is 41.4 Å². The number of benzene rings is 1. The average molecular weight is 881 g/mol. The summed E-state index contributed by atoms with van der Waals surface area (Å²) < 4.78 is 12.0. The van der Waals surface area contributed by atoms with Crippen LogP contribution in [0.25, 0.3) is 0 Å². The minimum atomic E-state index is -0.928. The second-order valence-electron chi connectivity index (χ2n) is 18.0. The van der Waals surface area contributed by atoms with Crippen molar-refractivity contribution in [2.24, 2.45) is 23.7 Å². The standard InChI is InChI=1S/C48H76N6O9/c1-12-33(6)44(37(62-10)30-41(58)53-29-19-22-36(53)45(63-11)34(7)46(59)49-27-26-35-20-15-13-16-21-35)52(9)48(61)42(31(2)3)50-47(60)43(32(4)5)51(8)38(55)23-17-14-18-28-54-39(56)24-25-40(54)57/h13,15-16,20-21,24-25,31-34,36-37,42-45H,12,14,17-19,22-23,26-30H2,1-11H3,(H,49,59)(H,50,60)/t33-,34+,36-,37+,42-,43-,44-,45+/m0/s1. The summed E-state index contributed by atoms with van der Waals surface area (Å²) in [7, 11) is 6.41. The number of amides is 7. The van der Waals surface area contributed by atoms with Crippen LogP contribution in [0.5, 0.6) is 0 Å². The summed E-state index contributed by atoms with van der Waals surface area (Å²) in [4.78, 5) is 99.2. The molecule has 2 heterocycles. The first kappa shape index (κ1) is 52.7. The van der Waals surface area contributed by atoms with Crippen LogP contribution in [0.4, 0.5) is 0 Å². The highest BCUT2D eigenvalue weighted by Gasteiger charge is 2.43. The van der Waals surface area contributed by atoms with E-state index >= 15 is 0 Å². The van der Waals surface area contributed by atoms with Gasteiger partial charge in [0, 0.05) is 66.5 Å². The first-order valence-electron chi connectivity index (χ1n) is 22.9. The SMILES string of the molecule is CC[C@H](C)[C@@H]([C@@H](CC(=O)N1CCC[C@H]1[C@H](OC)[C@@H](C)C(=O)NCCc1ccccc1)OC)N(C)C(=O)[C@@H](NC(=O)[C@H](C(C)C)N(C)C(=O)CCCCCN1C(=O)C=CC1=O)C(C)C. The molecule has 63 heavy (non-hydrogen) atoms. The Hall–Kier alpha value is -4.63. The van der Waals surface area contributed by atoms with Crippen molar-refractivity contribution in [1.29, 1.82) is 0 Å². The molecular formula is C48H76N6O9. The number of carbonyl (C=O) groups is 7. The Kier molecular flexibility index (Phi) is 21.4.